The molecule has 0 aliphatic carbocycles. The van der Waals surface area contributed by atoms with Gasteiger partial charge in [0.2, 0.25) is 11.8 Å². The number of nitrogens with two attached hydrogens (primary N) is 1. The first-order valence-electron chi connectivity index (χ1n) is 7.47. The summed E-state index contributed by atoms with van der Waals surface area (Å²) in [5.74, 6) is -1.17. The monoisotopic (exact) mass is 321 g/mol. The average molecular weight is 321 g/mol. The first kappa shape index (κ1) is 18.5. The van der Waals surface area contributed by atoms with Crippen molar-refractivity contribution < 1.29 is 19.1 Å². The van der Waals surface area contributed by atoms with Crippen molar-refractivity contribution in [3.05, 3.63) is 35.9 Å². The molecule has 0 radical (unpaired) electrons. The number of benzene rings is 1. The molecule has 0 aromatic heterocycles. The van der Waals surface area contributed by atoms with E-state index < -0.39 is 23.9 Å². The highest BCUT2D eigenvalue weighted by Crippen LogP contribution is 2.06. The maximum Gasteiger partial charge on any atom is 0.407 e. The Labute approximate surface area is 135 Å². The van der Waals surface area contributed by atoms with Crippen LogP contribution in [0.1, 0.15) is 25.8 Å². The van der Waals surface area contributed by atoms with Crippen LogP contribution in [-0.4, -0.2) is 30.5 Å². The van der Waals surface area contributed by atoms with Crippen LogP contribution < -0.4 is 16.4 Å². The Morgan fingerprint density at radius 2 is 1.87 bits per heavy atom. The molecule has 4 N–H and O–H groups in total. The summed E-state index contributed by atoms with van der Waals surface area (Å²) in [6.07, 6.45) is -0.0105. The van der Waals surface area contributed by atoms with Crippen molar-refractivity contribution >= 4 is 17.9 Å². The SMILES string of the molecule is CC[C@@H](C)[C@@H](NC(=O)CNC(=O)OCc1ccccc1)C(N)=O. The Morgan fingerprint density at radius 1 is 1.22 bits per heavy atom. The molecule has 23 heavy (non-hydrogen) atoms. The molecule has 0 fully saturated rings. The average Bonchev–Trinajstić information content (AvgIpc) is 2.55. The number of alkyl carbamates (subject to hydrolysis) is 1. The first-order chi connectivity index (χ1) is 10.9. The standard InChI is InChI=1S/C16H23N3O4/c1-3-11(2)14(15(17)21)19-13(20)9-18-16(22)23-10-12-7-5-4-6-8-12/h4-8,11,14H,3,9-10H2,1-2H3,(H2,17,21)(H,18,22)(H,19,20)/t11-,14-/m1/s1. The molecule has 0 saturated heterocycles. The third-order valence-electron chi connectivity index (χ3n) is 3.44. The first-order valence-corrected chi connectivity index (χ1v) is 7.47. The molecule has 0 saturated carbocycles. The Balaban J connectivity index is 2.34. The predicted molar refractivity (Wildman–Crippen MR) is 85.2 cm³/mol. The second kappa shape index (κ2) is 9.45. The number of nitrogens with one attached hydrogen (secondary N) is 2. The summed E-state index contributed by atoms with van der Waals surface area (Å²) >= 11 is 0. The number of carbonyl (C=O) groups excluding carboxylic acids is 3. The predicted octanol–water partition coefficient (Wildman–Crippen LogP) is 0.929. The van der Waals surface area contributed by atoms with Gasteiger partial charge < -0.3 is 21.1 Å². The molecule has 0 bridgehead atoms. The van der Waals surface area contributed by atoms with E-state index in [1.165, 1.54) is 0 Å². The van der Waals surface area contributed by atoms with Crippen LogP contribution in [0.5, 0.6) is 0 Å². The summed E-state index contributed by atoms with van der Waals surface area (Å²) in [4.78, 5) is 34.6. The third-order valence-corrected chi connectivity index (χ3v) is 3.44. The molecule has 3 amide bonds. The van der Waals surface area contributed by atoms with Crippen LogP contribution in [0.4, 0.5) is 4.79 Å². The summed E-state index contributed by atoms with van der Waals surface area (Å²) in [6.45, 7) is 3.54. The molecule has 2 atom stereocenters. The van der Waals surface area contributed by atoms with E-state index in [1.54, 1.807) is 0 Å². The van der Waals surface area contributed by atoms with Crippen molar-refractivity contribution in [3.63, 3.8) is 0 Å². The summed E-state index contributed by atoms with van der Waals surface area (Å²) in [5.41, 5.74) is 6.11. The van der Waals surface area contributed by atoms with Gasteiger partial charge in [0.25, 0.3) is 0 Å². The van der Waals surface area contributed by atoms with Gasteiger partial charge in [-0.3, -0.25) is 9.59 Å². The van der Waals surface area contributed by atoms with Gasteiger partial charge in [0.05, 0.1) is 0 Å². The quantitative estimate of drug-likeness (QED) is 0.661. The summed E-state index contributed by atoms with van der Waals surface area (Å²) < 4.78 is 4.98. The van der Waals surface area contributed by atoms with Crippen molar-refractivity contribution in [2.75, 3.05) is 6.54 Å². The van der Waals surface area contributed by atoms with Gasteiger partial charge in [-0.15, -0.1) is 0 Å². The lowest BCUT2D eigenvalue weighted by molar-refractivity contribution is -0.127. The molecule has 1 rings (SSSR count). The van der Waals surface area contributed by atoms with E-state index in [2.05, 4.69) is 10.6 Å². The van der Waals surface area contributed by atoms with E-state index in [0.29, 0.717) is 6.42 Å². The van der Waals surface area contributed by atoms with Crippen molar-refractivity contribution in [1.82, 2.24) is 10.6 Å². The van der Waals surface area contributed by atoms with E-state index in [0.717, 1.165) is 5.56 Å². The van der Waals surface area contributed by atoms with Crippen LogP contribution in [0.25, 0.3) is 0 Å². The molecule has 7 heteroatoms. The lowest BCUT2D eigenvalue weighted by atomic mass is 9.98. The highest BCUT2D eigenvalue weighted by molar-refractivity contribution is 5.88. The highest BCUT2D eigenvalue weighted by atomic mass is 16.5. The zero-order chi connectivity index (χ0) is 17.2. The largest absolute Gasteiger partial charge is 0.445 e. The second-order valence-electron chi connectivity index (χ2n) is 5.25. The van der Waals surface area contributed by atoms with Gasteiger partial charge in [-0.1, -0.05) is 50.6 Å². The lowest BCUT2D eigenvalue weighted by Crippen LogP contribution is -2.50. The van der Waals surface area contributed by atoms with Gasteiger partial charge in [-0.2, -0.15) is 0 Å². The number of rotatable bonds is 8. The van der Waals surface area contributed by atoms with Crippen molar-refractivity contribution in [1.29, 1.82) is 0 Å². The molecular weight excluding hydrogens is 298 g/mol. The van der Waals surface area contributed by atoms with E-state index in [-0.39, 0.29) is 19.1 Å². The Morgan fingerprint density at radius 3 is 2.43 bits per heavy atom. The molecule has 0 spiro atoms. The Kier molecular flexibility index (Phi) is 7.59. The summed E-state index contributed by atoms with van der Waals surface area (Å²) in [7, 11) is 0. The van der Waals surface area contributed by atoms with Gasteiger partial charge in [0.1, 0.15) is 19.2 Å². The minimum Gasteiger partial charge on any atom is -0.445 e. The lowest BCUT2D eigenvalue weighted by Gasteiger charge is -2.21. The van der Waals surface area contributed by atoms with Crippen LogP contribution in [0, 0.1) is 5.92 Å². The molecule has 0 heterocycles. The van der Waals surface area contributed by atoms with Crippen LogP contribution in [0.15, 0.2) is 30.3 Å². The molecule has 0 unspecified atom stereocenters. The molecule has 0 aliphatic rings. The number of amides is 3. The fourth-order valence-electron chi connectivity index (χ4n) is 1.88. The second-order valence-corrected chi connectivity index (χ2v) is 5.25. The minimum atomic E-state index is -0.755. The number of hydrogen-bond donors (Lipinski definition) is 3. The van der Waals surface area contributed by atoms with Gasteiger partial charge in [-0.25, -0.2) is 4.79 Å². The van der Waals surface area contributed by atoms with Gasteiger partial charge in [-0.05, 0) is 11.5 Å². The van der Waals surface area contributed by atoms with Crippen molar-refractivity contribution in [2.45, 2.75) is 32.9 Å². The van der Waals surface area contributed by atoms with Gasteiger partial charge >= 0.3 is 6.09 Å². The van der Waals surface area contributed by atoms with E-state index in [9.17, 15) is 14.4 Å². The smallest absolute Gasteiger partial charge is 0.407 e. The summed E-state index contributed by atoms with van der Waals surface area (Å²) in [6, 6.07) is 8.42. The molecule has 1 aromatic carbocycles. The molecule has 7 nitrogen and oxygen atoms in total. The van der Waals surface area contributed by atoms with Gasteiger partial charge in [0.15, 0.2) is 0 Å². The molecule has 126 valence electrons. The summed E-state index contributed by atoms with van der Waals surface area (Å²) in [5, 5.41) is 4.84. The number of ether oxygens (including phenoxy) is 1. The van der Waals surface area contributed by atoms with Gasteiger partial charge in [0, 0.05) is 0 Å². The van der Waals surface area contributed by atoms with E-state index in [1.807, 2.05) is 44.2 Å². The normalized spacial score (nSPS) is 12.8. The Hall–Kier alpha value is -2.57. The van der Waals surface area contributed by atoms with Crippen LogP contribution in [-0.2, 0) is 20.9 Å². The minimum absolute atomic E-state index is 0.0820. The number of hydrogen-bond acceptors (Lipinski definition) is 4. The van der Waals surface area contributed by atoms with Crippen LogP contribution in [0.2, 0.25) is 0 Å². The van der Waals surface area contributed by atoms with Crippen molar-refractivity contribution in [3.8, 4) is 0 Å². The fourth-order valence-corrected chi connectivity index (χ4v) is 1.88. The van der Waals surface area contributed by atoms with E-state index in [4.69, 9.17) is 10.5 Å². The maximum absolute atomic E-state index is 11.8. The topological polar surface area (TPSA) is 111 Å². The number of primary amides is 1. The maximum atomic E-state index is 11.8. The number of carbonyl (C=O) groups is 3. The Bertz CT molecular complexity index is 533. The van der Waals surface area contributed by atoms with Crippen molar-refractivity contribution in [2.24, 2.45) is 11.7 Å². The molecule has 1 aromatic rings. The zero-order valence-electron chi connectivity index (χ0n) is 13.4. The van der Waals surface area contributed by atoms with Crippen LogP contribution in [0.3, 0.4) is 0 Å². The molecular formula is C16H23N3O4. The highest BCUT2D eigenvalue weighted by Gasteiger charge is 2.23. The van der Waals surface area contributed by atoms with Crippen LogP contribution >= 0.6 is 0 Å². The fraction of sp³-hybridized carbons (Fsp3) is 0.438. The third kappa shape index (κ3) is 6.82. The zero-order valence-corrected chi connectivity index (χ0v) is 13.4. The van der Waals surface area contributed by atoms with E-state index >= 15 is 0 Å². The molecule has 0 aliphatic heterocycles.